The van der Waals surface area contributed by atoms with E-state index in [2.05, 4.69) is 36.4 Å². The van der Waals surface area contributed by atoms with Crippen LogP contribution in [0.15, 0.2) is 109 Å². The first-order valence-electron chi connectivity index (χ1n) is 9.80. The van der Waals surface area contributed by atoms with E-state index >= 15 is 0 Å². The van der Waals surface area contributed by atoms with Crippen LogP contribution in [0, 0.1) is 0 Å². The zero-order valence-corrected chi connectivity index (χ0v) is 16.4. The molecule has 0 aliphatic heterocycles. The van der Waals surface area contributed by atoms with E-state index in [4.69, 9.17) is 9.47 Å². The lowest BCUT2D eigenvalue weighted by molar-refractivity contribution is -0.0928. The molecule has 0 atom stereocenters. The zero-order valence-electron chi connectivity index (χ0n) is 16.4. The molecule has 0 saturated heterocycles. The van der Waals surface area contributed by atoms with Crippen molar-refractivity contribution >= 4 is 18.2 Å². The molecule has 3 aromatic rings. The molecule has 0 aliphatic rings. The number of hydrogen-bond acceptors (Lipinski definition) is 2. The lowest BCUT2D eigenvalue weighted by atomic mass is 10.2. The highest BCUT2D eigenvalue weighted by Gasteiger charge is 2.03. The highest BCUT2D eigenvalue weighted by Crippen LogP contribution is 2.07. The maximum absolute atomic E-state index is 5.91. The summed E-state index contributed by atoms with van der Waals surface area (Å²) in [6.07, 6.45) is 11.6. The van der Waals surface area contributed by atoms with Crippen molar-refractivity contribution in [1.82, 2.24) is 0 Å². The standard InChI is InChI=1S/C27H26O2/c1-4-12-24(13-5-1)18-10-22-28-27(21-20-26-16-8-3-9-17-26)29-23-11-19-25-14-6-2-7-15-25/h1-21,27H,22-23H2. The Labute approximate surface area is 173 Å². The Morgan fingerprint density at radius 3 is 1.31 bits per heavy atom. The van der Waals surface area contributed by atoms with Crippen molar-refractivity contribution in [2.24, 2.45) is 0 Å². The van der Waals surface area contributed by atoms with Crippen LogP contribution >= 0.6 is 0 Å². The maximum atomic E-state index is 5.91. The Hall–Kier alpha value is -3.20. The Bertz CT molecular complexity index is 844. The second-order valence-electron chi connectivity index (χ2n) is 6.43. The van der Waals surface area contributed by atoms with Crippen molar-refractivity contribution < 1.29 is 9.47 Å². The smallest absolute Gasteiger partial charge is 0.177 e. The Morgan fingerprint density at radius 1 is 0.517 bits per heavy atom. The molecule has 0 aliphatic carbocycles. The number of ether oxygens (including phenoxy) is 2. The van der Waals surface area contributed by atoms with E-state index in [-0.39, 0.29) is 0 Å². The fraction of sp³-hybridized carbons (Fsp3) is 0.111. The van der Waals surface area contributed by atoms with E-state index in [1.807, 2.05) is 91.1 Å². The molecule has 3 rings (SSSR count). The highest BCUT2D eigenvalue weighted by atomic mass is 16.7. The van der Waals surface area contributed by atoms with Crippen LogP contribution in [0.3, 0.4) is 0 Å². The van der Waals surface area contributed by atoms with Gasteiger partial charge in [0.15, 0.2) is 6.29 Å². The van der Waals surface area contributed by atoms with E-state index in [0.29, 0.717) is 13.2 Å². The molecule has 0 heterocycles. The molecule has 0 spiro atoms. The van der Waals surface area contributed by atoms with Gasteiger partial charge < -0.3 is 9.47 Å². The number of hydrogen-bond donors (Lipinski definition) is 0. The number of benzene rings is 3. The summed E-state index contributed by atoms with van der Waals surface area (Å²) in [6, 6.07) is 30.5. The lowest BCUT2D eigenvalue weighted by Crippen LogP contribution is -2.14. The van der Waals surface area contributed by atoms with Crippen molar-refractivity contribution in [3.05, 3.63) is 126 Å². The SMILES string of the molecule is C(=Cc1ccccc1)COC(C=Cc1ccccc1)OCC=Cc1ccccc1. The van der Waals surface area contributed by atoms with Gasteiger partial charge in [-0.2, -0.15) is 0 Å². The predicted molar refractivity (Wildman–Crippen MR) is 122 cm³/mol. The van der Waals surface area contributed by atoms with Gasteiger partial charge in [-0.15, -0.1) is 0 Å². The van der Waals surface area contributed by atoms with Crippen LogP contribution in [0.1, 0.15) is 16.7 Å². The molecule has 0 radical (unpaired) electrons. The molecule has 0 fully saturated rings. The summed E-state index contributed by atoms with van der Waals surface area (Å²) in [4.78, 5) is 0. The van der Waals surface area contributed by atoms with Gasteiger partial charge in [-0.3, -0.25) is 0 Å². The quantitative estimate of drug-likeness (QED) is 0.373. The summed E-state index contributed by atoms with van der Waals surface area (Å²) in [5.74, 6) is 0. The maximum Gasteiger partial charge on any atom is 0.177 e. The van der Waals surface area contributed by atoms with E-state index in [9.17, 15) is 0 Å². The van der Waals surface area contributed by atoms with Crippen LogP contribution in [0.5, 0.6) is 0 Å². The first kappa shape index (κ1) is 20.5. The molecule has 3 aromatic carbocycles. The molecule has 0 amide bonds. The molecule has 0 aromatic heterocycles. The van der Waals surface area contributed by atoms with Crippen LogP contribution in [-0.4, -0.2) is 19.5 Å². The molecule has 2 nitrogen and oxygen atoms in total. The van der Waals surface area contributed by atoms with Crippen LogP contribution in [0.2, 0.25) is 0 Å². The van der Waals surface area contributed by atoms with Gasteiger partial charge in [0.2, 0.25) is 0 Å². The molecule has 0 bridgehead atoms. The van der Waals surface area contributed by atoms with E-state index in [1.165, 1.54) is 0 Å². The van der Waals surface area contributed by atoms with Gasteiger partial charge >= 0.3 is 0 Å². The Morgan fingerprint density at radius 2 is 0.897 bits per heavy atom. The Balaban J connectivity index is 1.54. The van der Waals surface area contributed by atoms with Gasteiger partial charge in [0.05, 0.1) is 13.2 Å². The van der Waals surface area contributed by atoms with Crippen LogP contribution in [-0.2, 0) is 9.47 Å². The summed E-state index contributed by atoms with van der Waals surface area (Å²) in [5.41, 5.74) is 3.42. The van der Waals surface area contributed by atoms with Crippen LogP contribution in [0.4, 0.5) is 0 Å². The molecule has 0 unspecified atom stereocenters. The normalized spacial score (nSPS) is 12.8. The summed E-state index contributed by atoms with van der Waals surface area (Å²) in [7, 11) is 0. The van der Waals surface area contributed by atoms with Crippen molar-refractivity contribution in [3.8, 4) is 0 Å². The molecule has 29 heavy (non-hydrogen) atoms. The van der Waals surface area contributed by atoms with Crippen molar-refractivity contribution in [3.63, 3.8) is 0 Å². The molecule has 0 N–H and O–H groups in total. The topological polar surface area (TPSA) is 18.5 Å². The third kappa shape index (κ3) is 8.14. The molecule has 146 valence electrons. The van der Waals surface area contributed by atoms with E-state index in [1.54, 1.807) is 0 Å². The fourth-order valence-electron chi connectivity index (χ4n) is 2.71. The van der Waals surface area contributed by atoms with Crippen molar-refractivity contribution in [2.75, 3.05) is 13.2 Å². The van der Waals surface area contributed by atoms with Gasteiger partial charge in [0.25, 0.3) is 0 Å². The second kappa shape index (κ2) is 12.3. The van der Waals surface area contributed by atoms with Gasteiger partial charge in [-0.05, 0) is 22.8 Å². The third-order valence-corrected chi connectivity index (χ3v) is 4.18. The average molecular weight is 383 g/mol. The summed E-state index contributed by atoms with van der Waals surface area (Å²) < 4.78 is 11.8. The second-order valence-corrected chi connectivity index (χ2v) is 6.43. The minimum atomic E-state index is -0.420. The fourth-order valence-corrected chi connectivity index (χ4v) is 2.71. The van der Waals surface area contributed by atoms with E-state index in [0.717, 1.165) is 16.7 Å². The molecule has 2 heteroatoms. The predicted octanol–water partition coefficient (Wildman–Crippen LogP) is 6.49. The van der Waals surface area contributed by atoms with Crippen LogP contribution < -0.4 is 0 Å². The van der Waals surface area contributed by atoms with Crippen LogP contribution in [0.25, 0.3) is 18.2 Å². The summed E-state index contributed by atoms with van der Waals surface area (Å²) in [5, 5.41) is 0. The minimum Gasteiger partial charge on any atom is -0.345 e. The van der Waals surface area contributed by atoms with Gasteiger partial charge in [0.1, 0.15) is 0 Å². The minimum absolute atomic E-state index is 0.420. The lowest BCUT2D eigenvalue weighted by Gasteiger charge is -2.13. The zero-order chi connectivity index (χ0) is 20.0. The molecular formula is C27H26O2. The summed E-state index contributed by atoms with van der Waals surface area (Å²) >= 11 is 0. The Kier molecular flexibility index (Phi) is 8.71. The van der Waals surface area contributed by atoms with Crippen molar-refractivity contribution in [1.29, 1.82) is 0 Å². The first-order valence-corrected chi connectivity index (χ1v) is 9.80. The monoisotopic (exact) mass is 382 g/mol. The number of rotatable bonds is 10. The van der Waals surface area contributed by atoms with Gasteiger partial charge in [-0.25, -0.2) is 0 Å². The van der Waals surface area contributed by atoms with Crippen molar-refractivity contribution in [2.45, 2.75) is 6.29 Å². The third-order valence-electron chi connectivity index (χ3n) is 4.18. The highest BCUT2D eigenvalue weighted by molar-refractivity contribution is 5.50. The summed E-state index contributed by atoms with van der Waals surface area (Å²) in [6.45, 7) is 0.947. The first-order chi connectivity index (χ1) is 14.4. The van der Waals surface area contributed by atoms with E-state index < -0.39 is 6.29 Å². The van der Waals surface area contributed by atoms with Gasteiger partial charge in [0, 0.05) is 0 Å². The van der Waals surface area contributed by atoms with Gasteiger partial charge in [-0.1, -0.05) is 121 Å². The molecule has 0 saturated carbocycles. The molecular weight excluding hydrogens is 356 g/mol. The largest absolute Gasteiger partial charge is 0.345 e. The average Bonchev–Trinajstić information content (AvgIpc) is 2.79.